The van der Waals surface area contributed by atoms with E-state index in [-0.39, 0.29) is 30.9 Å². The highest BCUT2D eigenvalue weighted by Crippen LogP contribution is 2.39. The van der Waals surface area contributed by atoms with Gasteiger partial charge in [0.25, 0.3) is 5.91 Å². The second-order valence-electron chi connectivity index (χ2n) is 9.56. The van der Waals surface area contributed by atoms with Gasteiger partial charge >= 0.3 is 0 Å². The number of carbonyl (C=O) groups excluding carboxylic acids is 3. The normalized spacial score (nSPS) is 16.9. The summed E-state index contributed by atoms with van der Waals surface area (Å²) < 4.78 is 13.2. The number of para-hydroxylation sites is 1. The number of hydrogen-bond acceptors (Lipinski definition) is 4. The molecule has 0 aliphatic carbocycles. The predicted molar refractivity (Wildman–Crippen MR) is 145 cm³/mol. The van der Waals surface area contributed by atoms with E-state index < -0.39 is 11.4 Å². The third kappa shape index (κ3) is 5.29. The van der Waals surface area contributed by atoms with E-state index in [0.29, 0.717) is 31.6 Å². The van der Waals surface area contributed by atoms with Crippen LogP contribution < -0.4 is 10.2 Å². The van der Waals surface area contributed by atoms with Gasteiger partial charge in [0.2, 0.25) is 11.8 Å². The lowest BCUT2D eigenvalue weighted by molar-refractivity contribution is -0.138. The number of rotatable bonds is 6. The Morgan fingerprint density at radius 1 is 0.895 bits per heavy atom. The van der Waals surface area contributed by atoms with Gasteiger partial charge in [0, 0.05) is 30.5 Å². The lowest BCUT2D eigenvalue weighted by Gasteiger charge is -2.43. The summed E-state index contributed by atoms with van der Waals surface area (Å²) in [6.07, 6.45) is 4.29. The lowest BCUT2D eigenvalue weighted by Crippen LogP contribution is -2.57. The van der Waals surface area contributed by atoms with E-state index in [0.717, 1.165) is 11.3 Å². The fourth-order valence-electron chi connectivity index (χ4n) is 5.16. The van der Waals surface area contributed by atoms with Crippen LogP contribution >= 0.6 is 0 Å². The molecule has 0 unspecified atom stereocenters. The molecule has 1 N–H and O–H groups in total. The molecule has 3 aromatic rings. The first-order valence-electron chi connectivity index (χ1n) is 12.6. The summed E-state index contributed by atoms with van der Waals surface area (Å²) in [6.45, 7) is 1.01. The van der Waals surface area contributed by atoms with Crippen LogP contribution in [-0.4, -0.2) is 59.4 Å². The summed E-state index contributed by atoms with van der Waals surface area (Å²) in [5.41, 5.74) is 1.47. The number of benzene rings is 3. The molecule has 2 fully saturated rings. The molecule has 2 heterocycles. The van der Waals surface area contributed by atoms with E-state index in [1.54, 1.807) is 22.0 Å². The van der Waals surface area contributed by atoms with Gasteiger partial charge in [0.1, 0.15) is 17.9 Å². The van der Waals surface area contributed by atoms with E-state index in [2.05, 4.69) is 10.2 Å². The van der Waals surface area contributed by atoms with Gasteiger partial charge in [-0.15, -0.1) is 0 Å². The molecule has 2 aliphatic heterocycles. The lowest BCUT2D eigenvalue weighted by atomic mass is 9.85. The minimum Gasteiger partial charge on any atom is -0.339 e. The van der Waals surface area contributed by atoms with Crippen LogP contribution in [0, 0.1) is 5.82 Å². The first-order valence-corrected chi connectivity index (χ1v) is 12.6. The molecule has 8 heteroatoms. The maximum absolute atomic E-state index is 13.8. The van der Waals surface area contributed by atoms with Crippen LogP contribution in [0.2, 0.25) is 0 Å². The Morgan fingerprint density at radius 3 is 2.18 bits per heavy atom. The first kappa shape index (κ1) is 25.2. The van der Waals surface area contributed by atoms with Gasteiger partial charge in [0.15, 0.2) is 0 Å². The Balaban J connectivity index is 1.30. The summed E-state index contributed by atoms with van der Waals surface area (Å²) in [7, 11) is 0. The smallest absolute Gasteiger partial charge is 0.250 e. The molecule has 3 aromatic carbocycles. The Morgan fingerprint density at radius 2 is 1.53 bits per heavy atom. The molecule has 2 aliphatic rings. The maximum Gasteiger partial charge on any atom is 0.250 e. The van der Waals surface area contributed by atoms with E-state index >= 15 is 0 Å². The highest BCUT2D eigenvalue weighted by Gasteiger charge is 2.54. The monoisotopic (exact) mass is 512 g/mol. The van der Waals surface area contributed by atoms with Crippen molar-refractivity contribution in [3.8, 4) is 0 Å². The van der Waals surface area contributed by atoms with Crippen molar-refractivity contribution in [3.63, 3.8) is 0 Å². The van der Waals surface area contributed by atoms with Crippen LogP contribution in [0.4, 0.5) is 15.8 Å². The second kappa shape index (κ2) is 10.9. The van der Waals surface area contributed by atoms with Gasteiger partial charge in [-0.05, 0) is 60.9 Å². The Hall–Kier alpha value is -4.46. The van der Waals surface area contributed by atoms with E-state index in [1.807, 2.05) is 60.7 Å². The molecule has 0 radical (unpaired) electrons. The molecule has 0 atom stereocenters. The minimum absolute atomic E-state index is 0.0871. The molecule has 5 rings (SSSR count). The number of nitrogens with zero attached hydrogens (tertiary/aromatic N) is 3. The Labute approximate surface area is 221 Å². The van der Waals surface area contributed by atoms with E-state index in [1.165, 1.54) is 24.3 Å². The zero-order chi connectivity index (χ0) is 26.5. The van der Waals surface area contributed by atoms with Crippen molar-refractivity contribution in [2.75, 3.05) is 36.5 Å². The van der Waals surface area contributed by atoms with Gasteiger partial charge in [-0.25, -0.2) is 4.39 Å². The summed E-state index contributed by atoms with van der Waals surface area (Å²) in [5.74, 6) is -0.953. The highest BCUT2D eigenvalue weighted by atomic mass is 19.1. The fraction of sp³-hybridized carbons (Fsp3) is 0.233. The molecule has 0 aromatic heterocycles. The molecule has 194 valence electrons. The average Bonchev–Trinajstić information content (AvgIpc) is 3.20. The first-order chi connectivity index (χ1) is 18.4. The number of hydrogen-bond donors (Lipinski definition) is 1. The molecule has 38 heavy (non-hydrogen) atoms. The van der Waals surface area contributed by atoms with E-state index in [9.17, 15) is 18.8 Å². The van der Waals surface area contributed by atoms with Crippen molar-refractivity contribution in [2.45, 2.75) is 18.4 Å². The minimum atomic E-state index is -0.836. The molecule has 3 amide bonds. The van der Waals surface area contributed by atoms with E-state index in [4.69, 9.17) is 0 Å². The van der Waals surface area contributed by atoms with Gasteiger partial charge in [-0.1, -0.05) is 48.5 Å². The topological polar surface area (TPSA) is 73.0 Å². The van der Waals surface area contributed by atoms with Gasteiger partial charge in [-0.2, -0.15) is 0 Å². The van der Waals surface area contributed by atoms with Gasteiger partial charge in [0.05, 0.1) is 6.67 Å². The summed E-state index contributed by atoms with van der Waals surface area (Å²) >= 11 is 0. The number of halogens is 1. The van der Waals surface area contributed by atoms with Gasteiger partial charge in [-0.3, -0.25) is 14.4 Å². The molecular weight excluding hydrogens is 483 g/mol. The second-order valence-corrected chi connectivity index (χ2v) is 9.56. The zero-order valence-electron chi connectivity index (χ0n) is 20.9. The van der Waals surface area contributed by atoms with Crippen molar-refractivity contribution in [1.82, 2.24) is 9.80 Å². The van der Waals surface area contributed by atoms with Crippen LogP contribution in [-0.2, 0) is 14.4 Å². The SMILES string of the molecule is O=C(CN1CN(c2ccccc2)C2(CCN(C(=O)C=Cc3ccccc3)CC2)C1=O)Nc1ccc(F)cc1. The molecule has 0 saturated carbocycles. The third-order valence-corrected chi connectivity index (χ3v) is 7.16. The number of amides is 3. The molecule has 7 nitrogen and oxygen atoms in total. The third-order valence-electron chi connectivity index (χ3n) is 7.16. The van der Waals surface area contributed by atoms with Crippen LogP contribution in [0.1, 0.15) is 18.4 Å². The number of nitrogens with one attached hydrogen (secondary N) is 1. The average molecular weight is 513 g/mol. The predicted octanol–water partition coefficient (Wildman–Crippen LogP) is 4.15. The molecular formula is C30H29FN4O3. The molecule has 1 spiro atoms. The van der Waals surface area contributed by atoms with Crippen LogP contribution in [0.5, 0.6) is 0 Å². The summed E-state index contributed by atoms with van der Waals surface area (Å²) in [6, 6.07) is 24.8. The van der Waals surface area contributed by atoms with Crippen LogP contribution in [0.25, 0.3) is 6.08 Å². The van der Waals surface area contributed by atoms with Crippen molar-refractivity contribution in [2.24, 2.45) is 0 Å². The van der Waals surface area contributed by atoms with Crippen LogP contribution in [0.15, 0.2) is 91.0 Å². The fourth-order valence-corrected chi connectivity index (χ4v) is 5.16. The van der Waals surface area contributed by atoms with Crippen molar-refractivity contribution in [3.05, 3.63) is 102 Å². The summed E-state index contributed by atoms with van der Waals surface area (Å²) in [5, 5.41) is 2.73. The maximum atomic E-state index is 13.8. The highest BCUT2D eigenvalue weighted by molar-refractivity contribution is 5.99. The van der Waals surface area contributed by atoms with Crippen molar-refractivity contribution in [1.29, 1.82) is 0 Å². The zero-order valence-corrected chi connectivity index (χ0v) is 20.9. The Bertz CT molecular complexity index is 1320. The number of likely N-dealkylation sites (tertiary alicyclic amines) is 1. The Kier molecular flexibility index (Phi) is 7.22. The summed E-state index contributed by atoms with van der Waals surface area (Å²) in [4.78, 5) is 44.8. The molecule has 0 bridgehead atoms. The standard InChI is InChI=1S/C30H29FN4O3/c31-24-12-14-25(15-13-24)32-27(36)21-34-22-35(26-9-5-2-6-10-26)30(29(34)38)17-19-33(20-18-30)28(37)16-11-23-7-3-1-4-8-23/h1-16H,17-22H2,(H,32,36). The van der Waals surface area contributed by atoms with Gasteiger partial charge < -0.3 is 20.0 Å². The van der Waals surface area contributed by atoms with Crippen LogP contribution in [0.3, 0.4) is 0 Å². The molecule has 2 saturated heterocycles. The van der Waals surface area contributed by atoms with Crippen molar-refractivity contribution >= 4 is 35.2 Å². The number of carbonyl (C=O) groups is 3. The van der Waals surface area contributed by atoms with Crippen molar-refractivity contribution < 1.29 is 18.8 Å². The quantitative estimate of drug-likeness (QED) is 0.504. The number of piperidine rings is 1. The number of anilines is 2. The largest absolute Gasteiger partial charge is 0.339 e.